The number of para-hydroxylation sites is 1. The molecule has 0 bridgehead atoms. The number of rotatable bonds is 3. The van der Waals surface area contributed by atoms with Gasteiger partial charge in [-0.2, -0.15) is 13.2 Å². The summed E-state index contributed by atoms with van der Waals surface area (Å²) in [7, 11) is 0. The summed E-state index contributed by atoms with van der Waals surface area (Å²) in [6.07, 6.45) is -4.37. The van der Waals surface area contributed by atoms with Gasteiger partial charge >= 0.3 is 6.18 Å². The first-order valence-electron chi connectivity index (χ1n) is 6.37. The van der Waals surface area contributed by atoms with Crippen LogP contribution in [0.1, 0.15) is 0 Å². The number of hydrogen-bond donors (Lipinski definition) is 1. The van der Waals surface area contributed by atoms with E-state index in [1.54, 1.807) is 0 Å². The Balaban J connectivity index is 1.56. The van der Waals surface area contributed by atoms with Crippen molar-refractivity contribution in [2.45, 2.75) is 6.18 Å². The number of aromatic nitrogens is 1. The maximum Gasteiger partial charge on any atom is 0.405 e. The van der Waals surface area contributed by atoms with E-state index in [9.17, 15) is 18.0 Å². The Morgan fingerprint density at radius 2 is 2.10 bits per heavy atom. The molecular formula is C13H12F3N3OS. The van der Waals surface area contributed by atoms with E-state index in [0.717, 1.165) is 15.3 Å². The third-order valence-electron chi connectivity index (χ3n) is 3.27. The highest BCUT2D eigenvalue weighted by Crippen LogP contribution is 2.32. The molecule has 0 spiro atoms. The van der Waals surface area contributed by atoms with Crippen LogP contribution in [0, 0.1) is 5.92 Å². The summed E-state index contributed by atoms with van der Waals surface area (Å²) in [5.74, 6) is -0.955. The van der Waals surface area contributed by atoms with Crippen LogP contribution in [-0.2, 0) is 4.79 Å². The van der Waals surface area contributed by atoms with Crippen molar-refractivity contribution in [1.82, 2.24) is 10.3 Å². The van der Waals surface area contributed by atoms with Gasteiger partial charge in [0.15, 0.2) is 5.13 Å². The molecule has 3 rings (SSSR count). The largest absolute Gasteiger partial charge is 0.405 e. The second-order valence-electron chi connectivity index (χ2n) is 4.90. The fourth-order valence-corrected chi connectivity index (χ4v) is 3.11. The predicted octanol–water partition coefficient (Wildman–Crippen LogP) is 2.41. The van der Waals surface area contributed by atoms with E-state index in [-0.39, 0.29) is 0 Å². The van der Waals surface area contributed by atoms with Gasteiger partial charge in [-0.3, -0.25) is 4.79 Å². The van der Waals surface area contributed by atoms with Gasteiger partial charge in [0, 0.05) is 13.1 Å². The van der Waals surface area contributed by atoms with E-state index in [0.29, 0.717) is 13.1 Å². The first kappa shape index (κ1) is 14.1. The molecule has 1 amide bonds. The number of amides is 1. The second-order valence-corrected chi connectivity index (χ2v) is 5.91. The molecule has 1 aliphatic rings. The minimum atomic E-state index is -4.37. The van der Waals surface area contributed by atoms with Crippen LogP contribution in [0.5, 0.6) is 0 Å². The quantitative estimate of drug-likeness (QED) is 0.946. The standard InChI is InChI=1S/C13H12F3N3OS/c14-13(15,16)7-17-11(20)8-5-19(6-8)12-18-9-3-1-2-4-10(9)21-12/h1-4,8H,5-7H2,(H,17,20). The van der Waals surface area contributed by atoms with Crippen molar-refractivity contribution >= 4 is 32.6 Å². The monoisotopic (exact) mass is 315 g/mol. The fourth-order valence-electron chi connectivity index (χ4n) is 2.13. The third kappa shape index (κ3) is 3.10. The summed E-state index contributed by atoms with van der Waals surface area (Å²) < 4.78 is 37.1. The summed E-state index contributed by atoms with van der Waals surface area (Å²) in [4.78, 5) is 17.9. The second kappa shape index (κ2) is 5.18. The Kier molecular flexibility index (Phi) is 3.48. The maximum absolute atomic E-state index is 12.0. The highest BCUT2D eigenvalue weighted by Gasteiger charge is 2.36. The fraction of sp³-hybridized carbons (Fsp3) is 0.385. The topological polar surface area (TPSA) is 45.2 Å². The van der Waals surface area contributed by atoms with Crippen LogP contribution in [0.2, 0.25) is 0 Å². The first-order valence-corrected chi connectivity index (χ1v) is 7.19. The van der Waals surface area contributed by atoms with Gasteiger partial charge in [-0.05, 0) is 12.1 Å². The smallest absolute Gasteiger partial charge is 0.347 e. The van der Waals surface area contributed by atoms with Crippen LogP contribution in [0.4, 0.5) is 18.3 Å². The van der Waals surface area contributed by atoms with Gasteiger partial charge in [0.05, 0.1) is 16.1 Å². The number of anilines is 1. The van der Waals surface area contributed by atoms with Crippen LogP contribution < -0.4 is 10.2 Å². The van der Waals surface area contributed by atoms with Gasteiger partial charge < -0.3 is 10.2 Å². The van der Waals surface area contributed by atoms with Crippen LogP contribution in [0.3, 0.4) is 0 Å². The summed E-state index contributed by atoms with van der Waals surface area (Å²) in [5.41, 5.74) is 0.891. The summed E-state index contributed by atoms with van der Waals surface area (Å²) in [5, 5.41) is 2.72. The van der Waals surface area contributed by atoms with Crippen LogP contribution in [0.25, 0.3) is 10.2 Å². The lowest BCUT2D eigenvalue weighted by atomic mass is 10.0. The van der Waals surface area contributed by atoms with Crippen molar-refractivity contribution in [1.29, 1.82) is 0 Å². The number of hydrogen-bond acceptors (Lipinski definition) is 4. The number of benzene rings is 1. The molecule has 0 saturated carbocycles. The first-order chi connectivity index (χ1) is 9.92. The Morgan fingerprint density at radius 1 is 1.38 bits per heavy atom. The number of carbonyl (C=O) groups is 1. The molecule has 0 radical (unpaired) electrons. The molecule has 1 fully saturated rings. The van der Waals surface area contributed by atoms with Gasteiger partial charge in [-0.25, -0.2) is 4.98 Å². The number of halogens is 3. The van der Waals surface area contributed by atoms with E-state index < -0.39 is 24.5 Å². The van der Waals surface area contributed by atoms with Gasteiger partial charge in [0.2, 0.25) is 5.91 Å². The van der Waals surface area contributed by atoms with E-state index in [1.165, 1.54) is 11.3 Å². The normalized spacial score (nSPS) is 16.0. The van der Waals surface area contributed by atoms with Crippen LogP contribution in [0.15, 0.2) is 24.3 Å². The number of thiazole rings is 1. The third-order valence-corrected chi connectivity index (χ3v) is 4.37. The van der Waals surface area contributed by atoms with Gasteiger partial charge in [-0.1, -0.05) is 23.5 Å². The summed E-state index contributed by atoms with van der Waals surface area (Å²) in [6.45, 7) is -0.462. The van der Waals surface area contributed by atoms with E-state index in [1.807, 2.05) is 34.5 Å². The Labute approximate surface area is 122 Å². The molecule has 1 aromatic carbocycles. The zero-order chi connectivity index (χ0) is 15.0. The number of carbonyl (C=O) groups excluding carboxylic acids is 1. The lowest BCUT2D eigenvalue weighted by Crippen LogP contribution is -2.54. The van der Waals surface area contributed by atoms with Crippen molar-refractivity contribution in [2.75, 3.05) is 24.5 Å². The molecule has 0 unspecified atom stereocenters. The van der Waals surface area contributed by atoms with Crippen LogP contribution >= 0.6 is 11.3 Å². The Bertz CT molecular complexity index is 631. The average Bonchev–Trinajstić information content (AvgIpc) is 2.77. The Hall–Kier alpha value is -1.83. The highest BCUT2D eigenvalue weighted by atomic mass is 32.1. The molecule has 1 aromatic heterocycles. The highest BCUT2D eigenvalue weighted by molar-refractivity contribution is 7.22. The van der Waals surface area contributed by atoms with Crippen molar-refractivity contribution in [2.24, 2.45) is 5.92 Å². The van der Waals surface area contributed by atoms with Gasteiger partial charge in [0.1, 0.15) is 6.54 Å². The van der Waals surface area contributed by atoms with Crippen molar-refractivity contribution < 1.29 is 18.0 Å². The molecule has 1 N–H and O–H groups in total. The molecule has 1 aliphatic heterocycles. The van der Waals surface area contributed by atoms with Gasteiger partial charge in [0.25, 0.3) is 0 Å². The minimum absolute atomic E-state index is 0.403. The predicted molar refractivity (Wildman–Crippen MR) is 74.4 cm³/mol. The van der Waals surface area contributed by atoms with Crippen LogP contribution in [-0.4, -0.2) is 36.7 Å². The molecule has 0 aliphatic carbocycles. The van der Waals surface area contributed by atoms with Crippen molar-refractivity contribution in [3.63, 3.8) is 0 Å². The lowest BCUT2D eigenvalue weighted by molar-refractivity contribution is -0.141. The number of fused-ring (bicyclic) bond motifs is 1. The zero-order valence-electron chi connectivity index (χ0n) is 10.9. The van der Waals surface area contributed by atoms with Crippen molar-refractivity contribution in [3.05, 3.63) is 24.3 Å². The number of nitrogens with zero attached hydrogens (tertiary/aromatic N) is 2. The van der Waals surface area contributed by atoms with E-state index in [4.69, 9.17) is 0 Å². The molecule has 0 atom stereocenters. The molecule has 2 heterocycles. The number of nitrogens with one attached hydrogen (secondary N) is 1. The maximum atomic E-state index is 12.0. The minimum Gasteiger partial charge on any atom is -0.347 e. The zero-order valence-corrected chi connectivity index (χ0v) is 11.7. The lowest BCUT2D eigenvalue weighted by Gasteiger charge is -2.37. The number of alkyl halides is 3. The molecule has 4 nitrogen and oxygen atoms in total. The SMILES string of the molecule is O=C(NCC(F)(F)F)C1CN(c2nc3ccccc3s2)C1. The van der Waals surface area contributed by atoms with E-state index >= 15 is 0 Å². The Morgan fingerprint density at radius 3 is 2.76 bits per heavy atom. The molecule has 8 heteroatoms. The van der Waals surface area contributed by atoms with E-state index in [2.05, 4.69) is 4.98 Å². The molecule has 21 heavy (non-hydrogen) atoms. The van der Waals surface area contributed by atoms with Crippen molar-refractivity contribution in [3.8, 4) is 0 Å². The molecule has 2 aromatic rings. The molecule has 112 valence electrons. The molecular weight excluding hydrogens is 303 g/mol. The average molecular weight is 315 g/mol. The molecule has 1 saturated heterocycles. The summed E-state index contributed by atoms with van der Waals surface area (Å²) >= 11 is 1.52. The van der Waals surface area contributed by atoms with Gasteiger partial charge in [-0.15, -0.1) is 0 Å². The summed E-state index contributed by atoms with van der Waals surface area (Å²) in [6, 6.07) is 7.69.